The smallest absolute Gasteiger partial charge is 0.0700 e. The maximum absolute atomic E-state index is 10.7. The molecule has 1 aliphatic heterocycles. The number of rotatable bonds is 3. The second-order valence-electron chi connectivity index (χ2n) is 6.37. The minimum Gasteiger partial charge on any atom is -0.390 e. The van der Waals surface area contributed by atoms with Crippen molar-refractivity contribution in [2.75, 3.05) is 19.6 Å². The molecular weight excluding hydrogens is 246 g/mol. The summed E-state index contributed by atoms with van der Waals surface area (Å²) in [4.78, 5) is 2.49. The predicted molar refractivity (Wildman–Crippen MR) is 83.4 cm³/mol. The summed E-state index contributed by atoms with van der Waals surface area (Å²) < 4.78 is 0. The lowest BCUT2D eigenvalue weighted by Gasteiger charge is -2.47. The van der Waals surface area contributed by atoms with Crippen LogP contribution in [0.4, 0.5) is 0 Å². The first-order chi connectivity index (χ1) is 9.76. The summed E-state index contributed by atoms with van der Waals surface area (Å²) in [6.07, 6.45) is 10.1. The molecule has 2 unspecified atom stereocenters. The molecule has 1 N–H and O–H groups in total. The van der Waals surface area contributed by atoms with Crippen molar-refractivity contribution in [3.63, 3.8) is 0 Å². The molecule has 0 spiro atoms. The highest BCUT2D eigenvalue weighted by Gasteiger charge is 2.42. The molecule has 1 aliphatic carbocycles. The zero-order valence-corrected chi connectivity index (χ0v) is 12.2. The number of nitrogens with zero attached hydrogens (tertiary/aromatic N) is 1. The highest BCUT2D eigenvalue weighted by atomic mass is 16.3. The number of benzene rings is 1. The largest absolute Gasteiger partial charge is 0.390 e. The van der Waals surface area contributed by atoms with Crippen LogP contribution in [0.1, 0.15) is 37.7 Å². The third-order valence-electron chi connectivity index (χ3n) is 4.99. The summed E-state index contributed by atoms with van der Waals surface area (Å²) in [6, 6.07) is 10.5. The zero-order valence-electron chi connectivity index (χ0n) is 12.2. The van der Waals surface area contributed by atoms with E-state index in [4.69, 9.17) is 0 Å². The van der Waals surface area contributed by atoms with Crippen LogP contribution in [0.15, 0.2) is 36.4 Å². The molecule has 108 valence electrons. The van der Waals surface area contributed by atoms with E-state index in [1.54, 1.807) is 0 Å². The van der Waals surface area contributed by atoms with Gasteiger partial charge in [0.15, 0.2) is 0 Å². The standard InChI is InChI=1S/C18H25NO/c20-18-11-5-4-10-17(18)15-19(14-12-18)13-6-9-16-7-2-1-3-8-16/h1-3,6-9,17,20H,4-5,10-15H2/b9-6+. The molecule has 2 nitrogen and oxygen atoms in total. The summed E-state index contributed by atoms with van der Waals surface area (Å²) in [6.45, 7) is 3.10. The second kappa shape index (κ2) is 6.11. The van der Waals surface area contributed by atoms with Gasteiger partial charge in [-0.25, -0.2) is 0 Å². The van der Waals surface area contributed by atoms with Crippen LogP contribution in [0.2, 0.25) is 0 Å². The fourth-order valence-corrected chi connectivity index (χ4v) is 3.71. The Labute approximate surface area is 122 Å². The third kappa shape index (κ3) is 3.13. The van der Waals surface area contributed by atoms with E-state index in [2.05, 4.69) is 41.3 Å². The lowest BCUT2D eigenvalue weighted by Crippen LogP contribution is -2.53. The molecule has 1 heterocycles. The maximum atomic E-state index is 10.7. The van der Waals surface area contributed by atoms with E-state index in [1.807, 2.05) is 6.07 Å². The Bertz CT molecular complexity index is 456. The van der Waals surface area contributed by atoms with Crippen LogP contribution in [-0.2, 0) is 0 Å². The molecule has 1 aromatic carbocycles. The van der Waals surface area contributed by atoms with Gasteiger partial charge in [-0.1, -0.05) is 55.3 Å². The highest BCUT2D eigenvalue weighted by Crippen LogP contribution is 2.39. The fourth-order valence-electron chi connectivity index (χ4n) is 3.71. The van der Waals surface area contributed by atoms with Gasteiger partial charge in [-0.15, -0.1) is 0 Å². The number of hydrogen-bond acceptors (Lipinski definition) is 2. The molecule has 1 saturated heterocycles. The van der Waals surface area contributed by atoms with Crippen molar-refractivity contribution in [3.05, 3.63) is 42.0 Å². The quantitative estimate of drug-likeness (QED) is 0.911. The normalized spacial score (nSPS) is 31.4. The highest BCUT2D eigenvalue weighted by molar-refractivity contribution is 5.48. The fraction of sp³-hybridized carbons (Fsp3) is 0.556. The molecule has 0 aromatic heterocycles. The van der Waals surface area contributed by atoms with E-state index in [0.717, 1.165) is 32.5 Å². The minimum atomic E-state index is -0.349. The molecule has 3 rings (SSSR count). The third-order valence-corrected chi connectivity index (χ3v) is 4.99. The summed E-state index contributed by atoms with van der Waals surface area (Å²) in [7, 11) is 0. The van der Waals surface area contributed by atoms with Gasteiger partial charge in [-0.3, -0.25) is 4.90 Å². The summed E-state index contributed by atoms with van der Waals surface area (Å²) in [5.74, 6) is 0.495. The summed E-state index contributed by atoms with van der Waals surface area (Å²) in [5, 5.41) is 10.7. The molecule has 2 atom stereocenters. The van der Waals surface area contributed by atoms with Gasteiger partial charge in [0.2, 0.25) is 0 Å². The Morgan fingerprint density at radius 2 is 2.05 bits per heavy atom. The van der Waals surface area contributed by atoms with Crippen molar-refractivity contribution < 1.29 is 5.11 Å². The van der Waals surface area contributed by atoms with Crippen molar-refractivity contribution in [2.45, 2.75) is 37.7 Å². The first-order valence-electron chi connectivity index (χ1n) is 7.93. The van der Waals surface area contributed by atoms with Crippen LogP contribution in [0.3, 0.4) is 0 Å². The van der Waals surface area contributed by atoms with Crippen molar-refractivity contribution in [2.24, 2.45) is 5.92 Å². The maximum Gasteiger partial charge on any atom is 0.0700 e. The van der Waals surface area contributed by atoms with Gasteiger partial charge in [0.1, 0.15) is 0 Å². The number of fused-ring (bicyclic) bond motifs is 1. The lowest BCUT2D eigenvalue weighted by molar-refractivity contribution is -0.0933. The van der Waals surface area contributed by atoms with Crippen LogP contribution >= 0.6 is 0 Å². The zero-order chi connectivity index (χ0) is 13.8. The van der Waals surface area contributed by atoms with E-state index < -0.39 is 0 Å². The topological polar surface area (TPSA) is 23.5 Å². The average molecular weight is 271 g/mol. The predicted octanol–water partition coefficient (Wildman–Crippen LogP) is 3.33. The van der Waals surface area contributed by atoms with Crippen molar-refractivity contribution in [3.8, 4) is 0 Å². The Balaban J connectivity index is 1.54. The molecule has 20 heavy (non-hydrogen) atoms. The van der Waals surface area contributed by atoms with Crippen LogP contribution in [0.5, 0.6) is 0 Å². The van der Waals surface area contributed by atoms with Gasteiger partial charge < -0.3 is 5.11 Å². The lowest BCUT2D eigenvalue weighted by atomic mass is 9.71. The van der Waals surface area contributed by atoms with Gasteiger partial charge in [-0.05, 0) is 24.8 Å². The van der Waals surface area contributed by atoms with Crippen molar-refractivity contribution >= 4 is 6.08 Å². The van der Waals surface area contributed by atoms with E-state index in [0.29, 0.717) is 5.92 Å². The summed E-state index contributed by atoms with van der Waals surface area (Å²) in [5.41, 5.74) is 0.913. The van der Waals surface area contributed by atoms with Crippen LogP contribution in [-0.4, -0.2) is 35.2 Å². The van der Waals surface area contributed by atoms with Gasteiger partial charge >= 0.3 is 0 Å². The number of piperidine rings is 1. The Hall–Kier alpha value is -1.12. The summed E-state index contributed by atoms with van der Waals surface area (Å²) >= 11 is 0. The molecule has 2 fully saturated rings. The first kappa shape index (κ1) is 13.8. The molecule has 2 aliphatic rings. The van der Waals surface area contributed by atoms with E-state index >= 15 is 0 Å². The number of aliphatic hydroxyl groups is 1. The average Bonchev–Trinajstić information content (AvgIpc) is 2.48. The molecule has 1 saturated carbocycles. The van der Waals surface area contributed by atoms with Crippen LogP contribution < -0.4 is 0 Å². The Kier molecular flexibility index (Phi) is 4.23. The van der Waals surface area contributed by atoms with Gasteiger partial charge in [0, 0.05) is 25.6 Å². The van der Waals surface area contributed by atoms with Gasteiger partial charge in [0.05, 0.1) is 5.60 Å². The first-order valence-corrected chi connectivity index (χ1v) is 7.93. The monoisotopic (exact) mass is 271 g/mol. The molecule has 0 radical (unpaired) electrons. The Morgan fingerprint density at radius 3 is 2.90 bits per heavy atom. The van der Waals surface area contributed by atoms with Crippen LogP contribution in [0, 0.1) is 5.92 Å². The van der Waals surface area contributed by atoms with Crippen molar-refractivity contribution in [1.29, 1.82) is 0 Å². The number of likely N-dealkylation sites (tertiary alicyclic amines) is 1. The molecular formula is C18H25NO. The van der Waals surface area contributed by atoms with E-state index in [-0.39, 0.29) is 5.60 Å². The number of hydrogen-bond donors (Lipinski definition) is 1. The minimum absolute atomic E-state index is 0.349. The van der Waals surface area contributed by atoms with E-state index in [1.165, 1.54) is 24.8 Å². The van der Waals surface area contributed by atoms with Crippen molar-refractivity contribution in [1.82, 2.24) is 4.90 Å². The van der Waals surface area contributed by atoms with E-state index in [9.17, 15) is 5.11 Å². The molecule has 0 amide bonds. The molecule has 1 aromatic rings. The molecule has 0 bridgehead atoms. The van der Waals surface area contributed by atoms with Gasteiger partial charge in [-0.2, -0.15) is 0 Å². The Morgan fingerprint density at radius 1 is 1.20 bits per heavy atom. The molecule has 2 heteroatoms. The SMILES string of the molecule is OC12CCCCC1CN(C/C=C/c1ccccc1)CC2. The second-order valence-corrected chi connectivity index (χ2v) is 6.37. The van der Waals surface area contributed by atoms with Gasteiger partial charge in [0.25, 0.3) is 0 Å². The van der Waals surface area contributed by atoms with Crippen LogP contribution in [0.25, 0.3) is 6.08 Å².